The van der Waals surface area contributed by atoms with E-state index < -0.39 is 15.8 Å². The Hall–Kier alpha value is -1.15. The van der Waals surface area contributed by atoms with Gasteiger partial charge in [-0.3, -0.25) is 4.72 Å². The Balaban J connectivity index is 2.44. The van der Waals surface area contributed by atoms with Crippen LogP contribution in [-0.2, 0) is 10.0 Å². The minimum Gasteiger partial charge on any atom is -0.279 e. The molecule has 0 amide bonds. The predicted molar refractivity (Wildman–Crippen MR) is 81.1 cm³/mol. The van der Waals surface area contributed by atoms with Crippen molar-refractivity contribution >= 4 is 38.3 Å². The Labute approximate surface area is 125 Å². The van der Waals surface area contributed by atoms with Crippen LogP contribution in [0.2, 0.25) is 0 Å². The number of aryl methyl sites for hydroxylation is 1. The van der Waals surface area contributed by atoms with Crippen LogP contribution in [0.1, 0.15) is 5.56 Å². The molecule has 0 aliphatic rings. The third-order valence-electron chi connectivity index (χ3n) is 2.56. The van der Waals surface area contributed by atoms with Crippen molar-refractivity contribution in [3.05, 3.63) is 57.4 Å². The molecule has 2 rings (SSSR count). The highest BCUT2D eigenvalue weighted by Gasteiger charge is 2.18. The number of hydrogen-bond acceptors (Lipinski definition) is 2. The molecule has 0 atom stereocenters. The van der Waals surface area contributed by atoms with Gasteiger partial charge in [0, 0.05) is 3.57 Å². The molecular formula is C13H11FINO2S. The highest BCUT2D eigenvalue weighted by Crippen LogP contribution is 2.23. The molecule has 0 unspecified atom stereocenters. The quantitative estimate of drug-likeness (QED) is 0.814. The summed E-state index contributed by atoms with van der Waals surface area (Å²) in [5.74, 6) is -0.575. The molecular weight excluding hydrogens is 380 g/mol. The van der Waals surface area contributed by atoms with Crippen LogP contribution in [0, 0.1) is 16.3 Å². The van der Waals surface area contributed by atoms with E-state index in [-0.39, 0.29) is 4.90 Å². The summed E-state index contributed by atoms with van der Waals surface area (Å²) < 4.78 is 40.9. The number of nitrogens with one attached hydrogen (secondary N) is 1. The molecule has 0 bridgehead atoms. The summed E-state index contributed by atoms with van der Waals surface area (Å²) in [6.07, 6.45) is 0. The van der Waals surface area contributed by atoms with E-state index in [0.29, 0.717) is 11.3 Å². The topological polar surface area (TPSA) is 46.2 Å². The van der Waals surface area contributed by atoms with Crippen molar-refractivity contribution in [2.45, 2.75) is 11.8 Å². The van der Waals surface area contributed by atoms with Crippen molar-refractivity contribution in [3.63, 3.8) is 0 Å². The maximum Gasteiger partial charge on any atom is 0.262 e. The van der Waals surface area contributed by atoms with Crippen LogP contribution in [0.5, 0.6) is 0 Å². The van der Waals surface area contributed by atoms with Gasteiger partial charge < -0.3 is 0 Å². The summed E-state index contributed by atoms with van der Waals surface area (Å²) in [5, 5.41) is 0. The van der Waals surface area contributed by atoms with Gasteiger partial charge in [0.15, 0.2) is 0 Å². The highest BCUT2D eigenvalue weighted by molar-refractivity contribution is 14.1. The molecule has 0 saturated heterocycles. The normalized spacial score (nSPS) is 11.3. The summed E-state index contributed by atoms with van der Waals surface area (Å²) in [5.41, 5.74) is 0.978. The van der Waals surface area contributed by atoms with Gasteiger partial charge >= 0.3 is 0 Å². The average Bonchev–Trinajstić information content (AvgIpc) is 2.35. The summed E-state index contributed by atoms with van der Waals surface area (Å²) in [6, 6.07) is 10.7. The van der Waals surface area contributed by atoms with E-state index in [1.807, 2.05) is 28.7 Å². The number of para-hydroxylation sites is 1. The zero-order valence-electron chi connectivity index (χ0n) is 10.0. The summed E-state index contributed by atoms with van der Waals surface area (Å²) >= 11 is 2.03. The molecule has 2 aromatic rings. The summed E-state index contributed by atoms with van der Waals surface area (Å²) in [6.45, 7) is 1.63. The van der Waals surface area contributed by atoms with Gasteiger partial charge in [0.1, 0.15) is 5.82 Å². The molecule has 0 heterocycles. The molecule has 6 heteroatoms. The number of hydrogen-bond donors (Lipinski definition) is 1. The van der Waals surface area contributed by atoms with Crippen molar-refractivity contribution < 1.29 is 12.8 Å². The van der Waals surface area contributed by atoms with Gasteiger partial charge in [-0.25, -0.2) is 12.8 Å². The first kappa shape index (κ1) is 14.3. The van der Waals surface area contributed by atoms with E-state index in [4.69, 9.17) is 0 Å². The molecule has 1 N–H and O–H groups in total. The van der Waals surface area contributed by atoms with Gasteiger partial charge in [-0.1, -0.05) is 18.2 Å². The Morgan fingerprint density at radius 2 is 1.84 bits per heavy atom. The molecule has 0 aliphatic carbocycles. The number of sulfonamides is 1. The van der Waals surface area contributed by atoms with Gasteiger partial charge in [0.2, 0.25) is 0 Å². The smallest absolute Gasteiger partial charge is 0.262 e. The predicted octanol–water partition coefficient (Wildman–Crippen LogP) is 3.54. The van der Waals surface area contributed by atoms with E-state index in [2.05, 4.69) is 4.72 Å². The fourth-order valence-corrected chi connectivity index (χ4v) is 3.65. The molecule has 0 spiro atoms. The Bertz CT molecular complexity index is 716. The second kappa shape index (κ2) is 5.46. The van der Waals surface area contributed by atoms with Crippen LogP contribution in [0.25, 0.3) is 0 Å². The van der Waals surface area contributed by atoms with Gasteiger partial charge in [0.25, 0.3) is 10.0 Å². The lowest BCUT2D eigenvalue weighted by Gasteiger charge is -2.11. The third-order valence-corrected chi connectivity index (χ3v) is 5.01. The van der Waals surface area contributed by atoms with Crippen molar-refractivity contribution in [3.8, 4) is 0 Å². The number of anilines is 1. The van der Waals surface area contributed by atoms with Crippen LogP contribution in [0.4, 0.5) is 10.1 Å². The zero-order chi connectivity index (χ0) is 14.0. The molecule has 0 aromatic heterocycles. The first-order chi connectivity index (χ1) is 8.90. The largest absolute Gasteiger partial charge is 0.279 e. The Morgan fingerprint density at radius 3 is 2.53 bits per heavy atom. The minimum atomic E-state index is -3.78. The second-order valence-corrected chi connectivity index (χ2v) is 6.81. The van der Waals surface area contributed by atoms with E-state index in [1.165, 1.54) is 12.1 Å². The lowest BCUT2D eigenvalue weighted by Crippen LogP contribution is -2.15. The molecule has 0 fully saturated rings. The molecule has 100 valence electrons. The van der Waals surface area contributed by atoms with Crippen LogP contribution in [0.15, 0.2) is 47.4 Å². The maximum atomic E-state index is 13.2. The number of halogens is 2. The molecule has 2 aromatic carbocycles. The Kier molecular flexibility index (Phi) is 4.10. The lowest BCUT2D eigenvalue weighted by molar-refractivity contribution is 0.594. The minimum absolute atomic E-state index is 0.0489. The SMILES string of the molecule is Cc1ccc(F)cc1S(=O)(=O)Nc1ccccc1I. The van der Waals surface area contributed by atoms with Crippen LogP contribution in [0.3, 0.4) is 0 Å². The molecule has 19 heavy (non-hydrogen) atoms. The molecule has 0 saturated carbocycles. The van der Waals surface area contributed by atoms with Gasteiger partial charge in [0.05, 0.1) is 10.6 Å². The Morgan fingerprint density at radius 1 is 1.16 bits per heavy atom. The number of rotatable bonds is 3. The first-order valence-electron chi connectivity index (χ1n) is 5.43. The van der Waals surface area contributed by atoms with Gasteiger partial charge in [-0.2, -0.15) is 0 Å². The summed E-state index contributed by atoms with van der Waals surface area (Å²) in [4.78, 5) is -0.0489. The van der Waals surface area contributed by atoms with Crippen molar-refractivity contribution in [2.24, 2.45) is 0 Å². The highest BCUT2D eigenvalue weighted by atomic mass is 127. The standard InChI is InChI=1S/C13H11FINO2S/c1-9-6-7-10(14)8-13(9)19(17,18)16-12-5-3-2-4-11(12)15/h2-8,16H,1H3. The number of benzene rings is 2. The van der Waals surface area contributed by atoms with E-state index in [0.717, 1.165) is 9.64 Å². The second-order valence-electron chi connectivity index (χ2n) is 4.00. The van der Waals surface area contributed by atoms with Crippen molar-refractivity contribution in [2.75, 3.05) is 4.72 Å². The molecule has 3 nitrogen and oxygen atoms in total. The van der Waals surface area contributed by atoms with E-state index >= 15 is 0 Å². The van der Waals surface area contributed by atoms with E-state index in [1.54, 1.807) is 25.1 Å². The fourth-order valence-electron chi connectivity index (χ4n) is 1.61. The van der Waals surface area contributed by atoms with E-state index in [9.17, 15) is 12.8 Å². The van der Waals surface area contributed by atoms with Gasteiger partial charge in [-0.15, -0.1) is 0 Å². The van der Waals surface area contributed by atoms with Crippen molar-refractivity contribution in [1.29, 1.82) is 0 Å². The fraction of sp³-hybridized carbons (Fsp3) is 0.0769. The summed E-state index contributed by atoms with van der Waals surface area (Å²) in [7, 11) is -3.78. The molecule has 0 radical (unpaired) electrons. The maximum absolute atomic E-state index is 13.2. The van der Waals surface area contributed by atoms with Crippen LogP contribution >= 0.6 is 22.6 Å². The average molecular weight is 391 g/mol. The monoisotopic (exact) mass is 391 g/mol. The van der Waals surface area contributed by atoms with Crippen LogP contribution in [-0.4, -0.2) is 8.42 Å². The van der Waals surface area contributed by atoms with Crippen LogP contribution < -0.4 is 4.72 Å². The van der Waals surface area contributed by atoms with Crippen molar-refractivity contribution in [1.82, 2.24) is 0 Å². The molecule has 0 aliphatic heterocycles. The lowest BCUT2D eigenvalue weighted by atomic mass is 10.2. The third kappa shape index (κ3) is 3.24. The van der Waals surface area contributed by atoms with Gasteiger partial charge in [-0.05, 0) is 59.3 Å². The first-order valence-corrected chi connectivity index (χ1v) is 8.00. The zero-order valence-corrected chi connectivity index (χ0v) is 13.0.